The first-order chi connectivity index (χ1) is 10.7. The maximum atomic E-state index is 12.6. The number of sulfonamides is 1. The molecule has 1 amide bonds. The Labute approximate surface area is 131 Å². The Hall–Kier alpha value is -1.61. The molecule has 2 heterocycles. The lowest BCUT2D eigenvalue weighted by atomic mass is 9.89. The van der Waals surface area contributed by atoms with Crippen molar-refractivity contribution in [1.29, 1.82) is 0 Å². The van der Waals surface area contributed by atoms with Crippen molar-refractivity contribution < 1.29 is 26.4 Å². The van der Waals surface area contributed by atoms with Crippen molar-refractivity contribution in [2.75, 3.05) is 19.6 Å². The average Bonchev–Trinajstić information content (AvgIpc) is 2.90. The molecule has 2 aliphatic rings. The van der Waals surface area contributed by atoms with E-state index in [4.69, 9.17) is 0 Å². The normalized spacial score (nSPS) is 26.0. The molecule has 0 aliphatic carbocycles. The van der Waals surface area contributed by atoms with E-state index in [9.17, 15) is 26.4 Å². The van der Waals surface area contributed by atoms with E-state index in [-0.39, 0.29) is 42.1 Å². The number of fused-ring (bicyclic) bond motifs is 1. The summed E-state index contributed by atoms with van der Waals surface area (Å²) in [6, 6.07) is 3.48. The van der Waals surface area contributed by atoms with Crippen LogP contribution >= 0.6 is 0 Å². The predicted octanol–water partition coefficient (Wildman–Crippen LogP) is 1.46. The van der Waals surface area contributed by atoms with Gasteiger partial charge in [-0.1, -0.05) is 0 Å². The zero-order valence-electron chi connectivity index (χ0n) is 12.0. The van der Waals surface area contributed by atoms with Crippen LogP contribution < -0.4 is 5.32 Å². The number of hydrogen-bond donors (Lipinski definition) is 1. The van der Waals surface area contributed by atoms with Gasteiger partial charge in [-0.15, -0.1) is 0 Å². The van der Waals surface area contributed by atoms with Gasteiger partial charge in [0.15, 0.2) is 0 Å². The molecule has 5 nitrogen and oxygen atoms in total. The van der Waals surface area contributed by atoms with Gasteiger partial charge in [0.25, 0.3) is 0 Å². The van der Waals surface area contributed by atoms with Crippen LogP contribution in [0.25, 0.3) is 0 Å². The fraction of sp³-hybridized carbons (Fsp3) is 0.500. The first-order valence-corrected chi connectivity index (χ1v) is 8.56. The largest absolute Gasteiger partial charge is 0.416 e. The number of nitrogens with one attached hydrogen (secondary N) is 1. The van der Waals surface area contributed by atoms with Crippen LogP contribution in [-0.2, 0) is 21.0 Å². The number of hydrogen-bond acceptors (Lipinski definition) is 3. The van der Waals surface area contributed by atoms with Gasteiger partial charge in [0.1, 0.15) is 0 Å². The van der Waals surface area contributed by atoms with Gasteiger partial charge in [0.2, 0.25) is 15.9 Å². The topological polar surface area (TPSA) is 66.5 Å². The molecule has 23 heavy (non-hydrogen) atoms. The van der Waals surface area contributed by atoms with Gasteiger partial charge in [-0.25, -0.2) is 8.42 Å². The van der Waals surface area contributed by atoms with Crippen LogP contribution in [0.1, 0.15) is 12.0 Å². The second kappa shape index (κ2) is 5.48. The van der Waals surface area contributed by atoms with Gasteiger partial charge in [-0.2, -0.15) is 17.5 Å². The highest BCUT2D eigenvalue weighted by Gasteiger charge is 2.42. The minimum Gasteiger partial charge on any atom is -0.356 e. The van der Waals surface area contributed by atoms with Gasteiger partial charge in [0, 0.05) is 26.1 Å². The molecule has 2 aliphatic heterocycles. The summed E-state index contributed by atoms with van der Waals surface area (Å²) in [5.41, 5.74) is -0.888. The molecule has 3 rings (SSSR count). The highest BCUT2D eigenvalue weighted by molar-refractivity contribution is 7.89. The van der Waals surface area contributed by atoms with E-state index in [0.717, 1.165) is 24.3 Å². The Morgan fingerprint density at radius 2 is 1.70 bits per heavy atom. The Balaban J connectivity index is 1.81. The lowest BCUT2D eigenvalue weighted by Crippen LogP contribution is -2.40. The standard InChI is InChI=1S/C14H15F3N2O3S/c15-14(16,17)11-1-3-12(4-2-11)23(21,22)19-7-9-5-13(20)18-6-10(9)8-19/h1-4,9-10H,5-8H2,(H,18,20)/t9-,10+/m1/s1. The first-order valence-electron chi connectivity index (χ1n) is 7.12. The van der Waals surface area contributed by atoms with E-state index in [1.807, 2.05) is 0 Å². The molecule has 0 aromatic heterocycles. The fourth-order valence-electron chi connectivity index (χ4n) is 3.07. The summed E-state index contributed by atoms with van der Waals surface area (Å²) in [4.78, 5) is 11.2. The number of halogens is 3. The summed E-state index contributed by atoms with van der Waals surface area (Å²) in [5.74, 6) is -0.0788. The molecule has 126 valence electrons. The zero-order valence-corrected chi connectivity index (χ0v) is 12.8. The molecule has 0 saturated carbocycles. The summed E-state index contributed by atoms with van der Waals surface area (Å²) in [5, 5.41) is 2.70. The quantitative estimate of drug-likeness (QED) is 0.880. The molecule has 9 heteroatoms. The van der Waals surface area contributed by atoms with Crippen LogP contribution in [0.5, 0.6) is 0 Å². The molecule has 0 unspecified atom stereocenters. The van der Waals surface area contributed by atoms with Crippen molar-refractivity contribution in [3.63, 3.8) is 0 Å². The maximum absolute atomic E-state index is 12.6. The molecule has 0 radical (unpaired) electrons. The smallest absolute Gasteiger partial charge is 0.356 e. The number of rotatable bonds is 2. The molecular formula is C14H15F3N2O3S. The van der Waals surface area contributed by atoms with Crippen LogP contribution in [0.2, 0.25) is 0 Å². The third-order valence-corrected chi connectivity index (χ3v) is 6.22. The Kier molecular flexibility index (Phi) is 3.88. The number of piperidine rings is 1. The molecule has 1 aromatic rings. The molecule has 2 saturated heterocycles. The predicted molar refractivity (Wildman–Crippen MR) is 74.8 cm³/mol. The van der Waals surface area contributed by atoms with Crippen LogP contribution in [0.4, 0.5) is 13.2 Å². The van der Waals surface area contributed by atoms with Crippen LogP contribution in [-0.4, -0.2) is 38.3 Å². The maximum Gasteiger partial charge on any atom is 0.416 e. The Morgan fingerprint density at radius 1 is 1.09 bits per heavy atom. The molecule has 2 atom stereocenters. The van der Waals surface area contributed by atoms with Crippen LogP contribution in [0, 0.1) is 11.8 Å². The minimum absolute atomic E-state index is 0.0343. The third-order valence-electron chi connectivity index (χ3n) is 4.37. The second-order valence-corrected chi connectivity index (χ2v) is 7.81. The molecule has 1 N–H and O–H groups in total. The van der Waals surface area contributed by atoms with Crippen molar-refractivity contribution in [3.05, 3.63) is 29.8 Å². The van der Waals surface area contributed by atoms with Crippen molar-refractivity contribution in [3.8, 4) is 0 Å². The number of benzene rings is 1. The molecule has 0 bridgehead atoms. The van der Waals surface area contributed by atoms with Crippen molar-refractivity contribution in [1.82, 2.24) is 9.62 Å². The minimum atomic E-state index is -4.50. The SMILES string of the molecule is O=C1C[C@@H]2CN(S(=O)(=O)c3ccc(C(F)(F)F)cc3)C[C@@H]2CN1. The Morgan fingerprint density at radius 3 is 2.30 bits per heavy atom. The second-order valence-electron chi connectivity index (χ2n) is 5.87. The van der Waals surface area contributed by atoms with Crippen LogP contribution in [0.15, 0.2) is 29.2 Å². The highest BCUT2D eigenvalue weighted by Crippen LogP contribution is 2.34. The van der Waals surface area contributed by atoms with Crippen molar-refractivity contribution >= 4 is 15.9 Å². The molecule has 0 spiro atoms. The fourth-order valence-corrected chi connectivity index (χ4v) is 4.63. The van der Waals surface area contributed by atoms with Gasteiger partial charge in [-0.3, -0.25) is 4.79 Å². The number of carbonyl (C=O) groups excluding carboxylic acids is 1. The molecule has 2 fully saturated rings. The molecular weight excluding hydrogens is 333 g/mol. The van der Waals surface area contributed by atoms with E-state index in [0.29, 0.717) is 6.54 Å². The number of alkyl halides is 3. The van der Waals surface area contributed by atoms with E-state index < -0.39 is 21.8 Å². The average molecular weight is 348 g/mol. The summed E-state index contributed by atoms with van der Waals surface area (Å²) >= 11 is 0. The van der Waals surface area contributed by atoms with Gasteiger partial charge in [0.05, 0.1) is 10.5 Å². The summed E-state index contributed by atoms with van der Waals surface area (Å²) in [6.07, 6.45) is -4.22. The number of carbonyl (C=O) groups is 1. The van der Waals surface area contributed by atoms with Crippen molar-refractivity contribution in [2.24, 2.45) is 11.8 Å². The van der Waals surface area contributed by atoms with Gasteiger partial charge in [-0.05, 0) is 36.1 Å². The monoisotopic (exact) mass is 348 g/mol. The van der Waals surface area contributed by atoms with E-state index in [2.05, 4.69) is 5.32 Å². The van der Waals surface area contributed by atoms with Crippen molar-refractivity contribution in [2.45, 2.75) is 17.5 Å². The third kappa shape index (κ3) is 3.07. The van der Waals surface area contributed by atoms with Gasteiger partial charge < -0.3 is 5.32 Å². The van der Waals surface area contributed by atoms with E-state index >= 15 is 0 Å². The van der Waals surface area contributed by atoms with Crippen LogP contribution in [0.3, 0.4) is 0 Å². The first kappa shape index (κ1) is 16.3. The summed E-state index contributed by atoms with van der Waals surface area (Å²) in [6.45, 7) is 0.929. The lowest BCUT2D eigenvalue weighted by Gasteiger charge is -2.23. The summed E-state index contributed by atoms with van der Waals surface area (Å²) in [7, 11) is -3.85. The lowest BCUT2D eigenvalue weighted by molar-refractivity contribution is -0.137. The van der Waals surface area contributed by atoms with E-state index in [1.54, 1.807) is 0 Å². The van der Waals surface area contributed by atoms with E-state index in [1.165, 1.54) is 4.31 Å². The summed E-state index contributed by atoms with van der Waals surface area (Å²) < 4.78 is 64.0. The number of amides is 1. The Bertz CT molecular complexity index is 716. The molecule has 1 aromatic carbocycles. The van der Waals surface area contributed by atoms with Gasteiger partial charge >= 0.3 is 6.18 Å². The zero-order chi connectivity index (χ0) is 16.8. The number of nitrogens with zero attached hydrogens (tertiary/aromatic N) is 1. The highest BCUT2D eigenvalue weighted by atomic mass is 32.2.